The molecule has 0 radical (unpaired) electrons. The van der Waals surface area contributed by atoms with E-state index in [0.717, 1.165) is 0 Å². The van der Waals surface area contributed by atoms with Crippen LogP contribution in [0.3, 0.4) is 0 Å². The maximum Gasteiger partial charge on any atom is 0.329 e. The molecule has 0 fully saturated rings. The van der Waals surface area contributed by atoms with Gasteiger partial charge in [-0.15, -0.1) is 0 Å². The SMILES string of the molecule is COC(=O)[C@@H](CSSC[C@@H](NC(=O)CCNC(=O)C1C=CC=C1)C(=O)OC)NC(=O)CCNC(=O)C1C=CC=C1. The highest BCUT2D eigenvalue weighted by molar-refractivity contribution is 8.76. The minimum Gasteiger partial charge on any atom is -0.467 e. The lowest BCUT2D eigenvalue weighted by Gasteiger charge is -2.18. The largest absolute Gasteiger partial charge is 0.467 e. The zero-order chi connectivity index (χ0) is 29.3. The standard InChI is InChI=1S/C26H34N4O8S2/c1-37-25(35)19(29-21(31)11-13-27-23(33)17-7-3-4-8-17)15-39-40-16-20(26(36)38-2)30-22(32)12-14-28-24(34)18-9-5-6-10-18/h3-10,17-20H,11-16H2,1-2H3,(H,27,33)(H,28,34)(H,29,31)(H,30,32)/t19-,20-/m1/s1. The number of carbonyl (C=O) groups is 6. The lowest BCUT2D eigenvalue weighted by atomic mass is 10.1. The molecule has 0 saturated carbocycles. The van der Waals surface area contributed by atoms with Gasteiger partial charge in [0.05, 0.1) is 26.1 Å². The molecule has 0 unspecified atom stereocenters. The van der Waals surface area contributed by atoms with E-state index >= 15 is 0 Å². The first-order chi connectivity index (χ1) is 19.2. The zero-order valence-corrected chi connectivity index (χ0v) is 23.9. The Morgan fingerprint density at radius 2 is 1.00 bits per heavy atom. The number of rotatable bonds is 17. The smallest absolute Gasteiger partial charge is 0.329 e. The fraction of sp³-hybridized carbons (Fsp3) is 0.462. The molecule has 2 aliphatic rings. The van der Waals surface area contributed by atoms with Gasteiger partial charge in [-0.1, -0.05) is 70.2 Å². The molecule has 14 heteroatoms. The van der Waals surface area contributed by atoms with E-state index in [1.807, 2.05) is 0 Å². The molecule has 0 aliphatic heterocycles. The summed E-state index contributed by atoms with van der Waals surface area (Å²) in [5, 5.41) is 10.5. The van der Waals surface area contributed by atoms with Gasteiger partial charge in [-0.25, -0.2) is 9.59 Å². The zero-order valence-electron chi connectivity index (χ0n) is 22.3. The Hall–Kier alpha value is -3.52. The van der Waals surface area contributed by atoms with Crippen LogP contribution >= 0.6 is 21.6 Å². The highest BCUT2D eigenvalue weighted by Crippen LogP contribution is 2.23. The van der Waals surface area contributed by atoms with Crippen molar-refractivity contribution in [2.24, 2.45) is 11.8 Å². The number of carbonyl (C=O) groups excluding carboxylic acids is 6. The Kier molecular flexibility index (Phi) is 14.7. The van der Waals surface area contributed by atoms with Gasteiger partial charge >= 0.3 is 11.9 Å². The number of hydrogen-bond donors (Lipinski definition) is 4. The van der Waals surface area contributed by atoms with E-state index in [9.17, 15) is 28.8 Å². The van der Waals surface area contributed by atoms with Crippen molar-refractivity contribution in [3.8, 4) is 0 Å². The molecule has 4 N–H and O–H groups in total. The number of ether oxygens (including phenoxy) is 2. The Balaban J connectivity index is 1.72. The van der Waals surface area contributed by atoms with Gasteiger partial charge < -0.3 is 30.7 Å². The first-order valence-electron chi connectivity index (χ1n) is 12.5. The van der Waals surface area contributed by atoms with Crippen molar-refractivity contribution in [3.63, 3.8) is 0 Å². The van der Waals surface area contributed by atoms with E-state index in [0.29, 0.717) is 0 Å². The van der Waals surface area contributed by atoms with Crippen LogP contribution in [0.5, 0.6) is 0 Å². The maximum absolute atomic E-state index is 12.3. The summed E-state index contributed by atoms with van der Waals surface area (Å²) in [6.07, 6.45) is 14.0. The summed E-state index contributed by atoms with van der Waals surface area (Å²) < 4.78 is 9.53. The van der Waals surface area contributed by atoms with Crippen LogP contribution < -0.4 is 21.3 Å². The van der Waals surface area contributed by atoms with Crippen molar-refractivity contribution < 1.29 is 38.2 Å². The number of nitrogens with one attached hydrogen (secondary N) is 4. The predicted octanol–water partition coefficient (Wildman–Crippen LogP) is 0.180. The number of hydrogen-bond acceptors (Lipinski definition) is 10. The summed E-state index contributed by atoms with van der Waals surface area (Å²) in [6.45, 7) is 0.217. The van der Waals surface area contributed by atoms with Gasteiger partial charge in [-0.2, -0.15) is 0 Å². The first kappa shape index (κ1) is 32.7. The molecule has 2 atom stereocenters. The van der Waals surface area contributed by atoms with E-state index in [1.165, 1.54) is 35.8 Å². The van der Waals surface area contributed by atoms with E-state index < -0.39 is 35.8 Å². The van der Waals surface area contributed by atoms with Gasteiger partial charge in [0.25, 0.3) is 0 Å². The molecule has 218 valence electrons. The minimum atomic E-state index is -0.953. The average molecular weight is 595 g/mol. The van der Waals surface area contributed by atoms with Gasteiger partial charge in [-0.05, 0) is 0 Å². The van der Waals surface area contributed by atoms with Gasteiger partial charge in [0.2, 0.25) is 23.6 Å². The molecular weight excluding hydrogens is 560 g/mol. The van der Waals surface area contributed by atoms with Crippen molar-refractivity contribution in [3.05, 3.63) is 48.6 Å². The molecule has 0 bridgehead atoms. The van der Waals surface area contributed by atoms with Crippen LogP contribution in [0, 0.1) is 11.8 Å². The summed E-state index contributed by atoms with van der Waals surface area (Å²) in [5.41, 5.74) is 0. The van der Waals surface area contributed by atoms with Crippen LogP contribution in [-0.2, 0) is 38.2 Å². The van der Waals surface area contributed by atoms with Crippen LogP contribution in [0.4, 0.5) is 0 Å². The second-order valence-corrected chi connectivity index (χ2v) is 11.1. The van der Waals surface area contributed by atoms with E-state index in [1.54, 1.807) is 48.6 Å². The Morgan fingerprint density at radius 3 is 1.32 bits per heavy atom. The second kappa shape index (κ2) is 17.9. The summed E-state index contributed by atoms with van der Waals surface area (Å²) >= 11 is 0. The lowest BCUT2D eigenvalue weighted by Crippen LogP contribution is -2.45. The molecule has 2 aliphatic carbocycles. The summed E-state index contributed by atoms with van der Waals surface area (Å²) in [7, 11) is 4.80. The summed E-state index contributed by atoms with van der Waals surface area (Å²) in [5.74, 6) is -3.04. The monoisotopic (exact) mass is 594 g/mol. The van der Waals surface area contributed by atoms with Crippen molar-refractivity contribution in [2.75, 3.05) is 38.8 Å². The topological polar surface area (TPSA) is 169 Å². The molecule has 0 aromatic heterocycles. The molecule has 40 heavy (non-hydrogen) atoms. The van der Waals surface area contributed by atoms with Gasteiger partial charge in [-0.3, -0.25) is 19.2 Å². The maximum atomic E-state index is 12.3. The van der Waals surface area contributed by atoms with E-state index in [4.69, 9.17) is 9.47 Å². The third-order valence-corrected chi connectivity index (χ3v) is 8.02. The van der Waals surface area contributed by atoms with Crippen molar-refractivity contribution >= 4 is 57.2 Å². The Labute approximate surface area is 240 Å². The fourth-order valence-electron chi connectivity index (χ4n) is 3.43. The predicted molar refractivity (Wildman–Crippen MR) is 152 cm³/mol. The highest BCUT2D eigenvalue weighted by Gasteiger charge is 2.25. The number of amides is 4. The van der Waals surface area contributed by atoms with Crippen molar-refractivity contribution in [2.45, 2.75) is 24.9 Å². The van der Waals surface area contributed by atoms with Crippen molar-refractivity contribution in [1.82, 2.24) is 21.3 Å². The third-order valence-electron chi connectivity index (χ3n) is 5.60. The van der Waals surface area contributed by atoms with Crippen LogP contribution in [0.1, 0.15) is 12.8 Å². The van der Waals surface area contributed by atoms with E-state index in [2.05, 4.69) is 21.3 Å². The van der Waals surface area contributed by atoms with Crippen LogP contribution in [0.25, 0.3) is 0 Å². The first-order valence-corrected chi connectivity index (χ1v) is 15.0. The van der Waals surface area contributed by atoms with Crippen LogP contribution in [0.2, 0.25) is 0 Å². The Bertz CT molecular complexity index is 953. The van der Waals surface area contributed by atoms with Crippen molar-refractivity contribution in [1.29, 1.82) is 0 Å². The second-order valence-electron chi connectivity index (χ2n) is 8.53. The quantitative estimate of drug-likeness (QED) is 0.104. The summed E-state index contributed by atoms with van der Waals surface area (Å²) in [4.78, 5) is 72.9. The molecule has 2 rings (SSSR count). The lowest BCUT2D eigenvalue weighted by molar-refractivity contribution is -0.144. The van der Waals surface area contributed by atoms with Gasteiger partial charge in [0.1, 0.15) is 12.1 Å². The van der Waals surface area contributed by atoms with Crippen LogP contribution in [0.15, 0.2) is 48.6 Å². The number of allylic oxidation sites excluding steroid dienone is 4. The van der Waals surface area contributed by atoms with Gasteiger partial charge in [0, 0.05) is 37.4 Å². The Morgan fingerprint density at radius 1 is 0.650 bits per heavy atom. The fourth-order valence-corrected chi connectivity index (χ4v) is 5.73. The summed E-state index contributed by atoms with van der Waals surface area (Å²) in [6, 6.07) is -1.91. The molecule has 0 saturated heterocycles. The number of esters is 2. The molecule has 12 nitrogen and oxygen atoms in total. The molecule has 0 heterocycles. The van der Waals surface area contributed by atoms with Crippen LogP contribution in [-0.4, -0.2) is 86.5 Å². The van der Waals surface area contributed by atoms with E-state index in [-0.39, 0.29) is 61.1 Å². The molecule has 0 aromatic carbocycles. The van der Waals surface area contributed by atoms with Gasteiger partial charge in [0.15, 0.2) is 0 Å². The molecule has 0 spiro atoms. The number of methoxy groups -OCH3 is 2. The molecular formula is C26H34N4O8S2. The average Bonchev–Trinajstić information content (AvgIpc) is 3.68. The third kappa shape index (κ3) is 11.7. The molecule has 0 aromatic rings. The normalized spacial score (nSPS) is 15.3. The highest BCUT2D eigenvalue weighted by atomic mass is 33.1. The minimum absolute atomic E-state index is 0.0256. The molecule has 4 amide bonds.